The molecule has 0 radical (unpaired) electrons. The van der Waals surface area contributed by atoms with Crippen LogP contribution >= 0.6 is 11.8 Å². The van der Waals surface area contributed by atoms with Gasteiger partial charge in [0.15, 0.2) is 0 Å². The number of hydrogen-bond acceptors (Lipinski definition) is 4. The van der Waals surface area contributed by atoms with Gasteiger partial charge in [-0.1, -0.05) is 24.3 Å². The van der Waals surface area contributed by atoms with Gasteiger partial charge in [0.25, 0.3) is 0 Å². The van der Waals surface area contributed by atoms with Crippen LogP contribution in [0.4, 0.5) is 0 Å². The van der Waals surface area contributed by atoms with Crippen LogP contribution in [0.15, 0.2) is 24.3 Å². The molecule has 0 aliphatic heterocycles. The molecule has 0 spiro atoms. The number of aryl methyl sites for hydroxylation is 1. The largest absolute Gasteiger partial charge is 0.465 e. The molecule has 2 atom stereocenters. The van der Waals surface area contributed by atoms with Crippen molar-refractivity contribution < 1.29 is 9.53 Å². The van der Waals surface area contributed by atoms with Crippen LogP contribution in [0.1, 0.15) is 30.2 Å². The van der Waals surface area contributed by atoms with Crippen LogP contribution in [0.25, 0.3) is 0 Å². The van der Waals surface area contributed by atoms with Gasteiger partial charge in [0, 0.05) is 11.3 Å². The van der Waals surface area contributed by atoms with Crippen molar-refractivity contribution in [2.24, 2.45) is 5.73 Å². The predicted molar refractivity (Wildman–Crippen MR) is 76.7 cm³/mol. The van der Waals surface area contributed by atoms with Crippen molar-refractivity contribution in [1.29, 1.82) is 0 Å². The molecule has 0 saturated carbocycles. The molecule has 1 rings (SSSR count). The quantitative estimate of drug-likeness (QED) is 0.805. The van der Waals surface area contributed by atoms with Gasteiger partial charge in [0.1, 0.15) is 0 Å². The summed E-state index contributed by atoms with van der Waals surface area (Å²) in [6, 6.07) is 8.14. The first-order valence-corrected chi connectivity index (χ1v) is 7.19. The van der Waals surface area contributed by atoms with E-state index in [2.05, 4.69) is 19.1 Å². The Morgan fingerprint density at radius 3 is 2.67 bits per heavy atom. The zero-order valence-electron chi connectivity index (χ0n) is 11.2. The zero-order valence-corrected chi connectivity index (χ0v) is 12.0. The molecule has 0 aliphatic carbocycles. The van der Waals surface area contributed by atoms with E-state index in [9.17, 15) is 4.79 Å². The van der Waals surface area contributed by atoms with Gasteiger partial charge in [-0.2, -0.15) is 0 Å². The van der Waals surface area contributed by atoms with Gasteiger partial charge in [0.2, 0.25) is 0 Å². The summed E-state index contributed by atoms with van der Waals surface area (Å²) in [5.41, 5.74) is 8.43. The maximum absolute atomic E-state index is 11.4. The molecule has 100 valence electrons. The second-order valence-corrected chi connectivity index (χ2v) is 5.38. The number of carbonyl (C=O) groups is 1. The average molecular weight is 267 g/mol. The second-order valence-electron chi connectivity index (χ2n) is 4.25. The lowest BCUT2D eigenvalue weighted by Gasteiger charge is -2.22. The van der Waals surface area contributed by atoms with Crippen LogP contribution in [0, 0.1) is 6.92 Å². The first kappa shape index (κ1) is 15.1. The fourth-order valence-corrected chi connectivity index (χ4v) is 2.94. The van der Waals surface area contributed by atoms with Gasteiger partial charge in [0.05, 0.1) is 12.4 Å². The van der Waals surface area contributed by atoms with Crippen molar-refractivity contribution >= 4 is 17.7 Å². The Bertz CT molecular complexity index is 393. The summed E-state index contributed by atoms with van der Waals surface area (Å²) in [7, 11) is 0. The van der Waals surface area contributed by atoms with Crippen molar-refractivity contribution in [3.05, 3.63) is 35.4 Å². The van der Waals surface area contributed by atoms with Gasteiger partial charge >= 0.3 is 5.97 Å². The Morgan fingerprint density at radius 2 is 2.11 bits per heavy atom. The lowest BCUT2D eigenvalue weighted by molar-refractivity contribution is -0.139. The third-order valence-corrected chi connectivity index (χ3v) is 4.10. The first-order valence-electron chi connectivity index (χ1n) is 6.14. The van der Waals surface area contributed by atoms with Crippen molar-refractivity contribution in [1.82, 2.24) is 0 Å². The smallest absolute Gasteiger partial charge is 0.315 e. The van der Waals surface area contributed by atoms with Gasteiger partial charge in [-0.05, 0) is 31.9 Å². The first-order chi connectivity index (χ1) is 8.56. The highest BCUT2D eigenvalue weighted by Crippen LogP contribution is 2.33. The highest BCUT2D eigenvalue weighted by molar-refractivity contribution is 8.00. The van der Waals surface area contributed by atoms with Crippen molar-refractivity contribution in [3.63, 3.8) is 0 Å². The lowest BCUT2D eigenvalue weighted by Crippen LogP contribution is -2.24. The molecule has 0 fully saturated rings. The molecule has 18 heavy (non-hydrogen) atoms. The van der Waals surface area contributed by atoms with Crippen LogP contribution in [0.2, 0.25) is 0 Å². The minimum atomic E-state index is -0.179. The normalized spacial score (nSPS) is 14.0. The summed E-state index contributed by atoms with van der Waals surface area (Å²) in [5, 5.41) is 0.121. The molecule has 2 unspecified atom stereocenters. The van der Waals surface area contributed by atoms with Gasteiger partial charge in [-0.15, -0.1) is 11.8 Å². The molecule has 2 N–H and O–H groups in total. The fraction of sp³-hybridized carbons (Fsp3) is 0.500. The number of hydrogen-bond donors (Lipinski definition) is 1. The van der Waals surface area contributed by atoms with E-state index in [4.69, 9.17) is 10.5 Å². The van der Waals surface area contributed by atoms with E-state index >= 15 is 0 Å². The molecular weight excluding hydrogens is 246 g/mol. The topological polar surface area (TPSA) is 52.3 Å². The van der Waals surface area contributed by atoms with Crippen LogP contribution < -0.4 is 5.73 Å². The summed E-state index contributed by atoms with van der Waals surface area (Å²) < 4.78 is 4.94. The Morgan fingerprint density at radius 1 is 1.44 bits per heavy atom. The van der Waals surface area contributed by atoms with E-state index in [-0.39, 0.29) is 17.3 Å². The molecule has 0 heterocycles. The van der Waals surface area contributed by atoms with Crippen LogP contribution in [-0.4, -0.2) is 24.4 Å². The molecular formula is C14H21NO2S. The standard InChI is InChI=1S/C14H21NO2S/c1-4-17-13(16)9-18-14(11(3)15)12-8-6-5-7-10(12)2/h5-8,11,14H,4,9,15H2,1-3H3. The maximum Gasteiger partial charge on any atom is 0.315 e. The Kier molecular flexibility index (Phi) is 6.22. The molecule has 3 nitrogen and oxygen atoms in total. The average Bonchev–Trinajstić information content (AvgIpc) is 2.31. The maximum atomic E-state index is 11.4. The van der Waals surface area contributed by atoms with E-state index in [0.29, 0.717) is 12.4 Å². The molecule has 0 bridgehead atoms. The van der Waals surface area contributed by atoms with Crippen molar-refractivity contribution in [2.45, 2.75) is 32.1 Å². The van der Waals surface area contributed by atoms with Crippen LogP contribution in [-0.2, 0) is 9.53 Å². The third-order valence-electron chi connectivity index (χ3n) is 2.66. The summed E-state index contributed by atoms with van der Waals surface area (Å²) >= 11 is 1.55. The predicted octanol–water partition coefficient (Wildman–Crippen LogP) is 2.68. The monoisotopic (exact) mass is 267 g/mol. The molecule has 0 amide bonds. The van der Waals surface area contributed by atoms with Crippen molar-refractivity contribution in [3.8, 4) is 0 Å². The molecule has 1 aromatic rings. The van der Waals surface area contributed by atoms with E-state index < -0.39 is 0 Å². The van der Waals surface area contributed by atoms with E-state index in [1.165, 1.54) is 11.1 Å². The summed E-state index contributed by atoms with van der Waals surface area (Å²) in [6.07, 6.45) is 0. The SMILES string of the molecule is CCOC(=O)CSC(c1ccccc1C)C(C)N. The molecule has 0 saturated heterocycles. The number of thioether (sulfide) groups is 1. The van der Waals surface area contributed by atoms with E-state index in [0.717, 1.165) is 0 Å². The second kappa shape index (κ2) is 7.44. The number of carbonyl (C=O) groups excluding carboxylic acids is 1. The minimum Gasteiger partial charge on any atom is -0.465 e. The van der Waals surface area contributed by atoms with Gasteiger partial charge in [-0.3, -0.25) is 4.79 Å². The summed E-state index contributed by atoms with van der Waals surface area (Å²) in [5.74, 6) is 0.163. The van der Waals surface area contributed by atoms with Crippen LogP contribution in [0.5, 0.6) is 0 Å². The number of ether oxygens (including phenoxy) is 1. The number of esters is 1. The van der Waals surface area contributed by atoms with E-state index in [1.54, 1.807) is 11.8 Å². The van der Waals surface area contributed by atoms with E-state index in [1.807, 2.05) is 26.0 Å². The zero-order chi connectivity index (χ0) is 13.5. The summed E-state index contributed by atoms with van der Waals surface area (Å²) in [4.78, 5) is 11.4. The van der Waals surface area contributed by atoms with Crippen molar-refractivity contribution in [2.75, 3.05) is 12.4 Å². The van der Waals surface area contributed by atoms with Gasteiger partial charge in [-0.25, -0.2) is 0 Å². The molecule has 0 aliphatic rings. The molecule has 4 heteroatoms. The fourth-order valence-electron chi connectivity index (χ4n) is 1.79. The van der Waals surface area contributed by atoms with Gasteiger partial charge < -0.3 is 10.5 Å². The number of nitrogens with two attached hydrogens (primary N) is 1. The highest BCUT2D eigenvalue weighted by Gasteiger charge is 2.20. The number of rotatable bonds is 6. The lowest BCUT2D eigenvalue weighted by atomic mass is 10.0. The molecule has 1 aromatic carbocycles. The molecule has 0 aromatic heterocycles. The third kappa shape index (κ3) is 4.35. The Hall–Kier alpha value is -1.00. The number of benzene rings is 1. The highest BCUT2D eigenvalue weighted by atomic mass is 32.2. The summed E-state index contributed by atoms with van der Waals surface area (Å²) in [6.45, 7) is 6.27. The Balaban J connectivity index is 2.72. The minimum absolute atomic E-state index is 0.00877. The Labute approximate surface area is 113 Å². The van der Waals surface area contributed by atoms with Crippen LogP contribution in [0.3, 0.4) is 0 Å².